The maximum atomic E-state index is 12.6. The third-order valence-corrected chi connectivity index (χ3v) is 3.57. The van der Waals surface area contributed by atoms with E-state index >= 15 is 0 Å². The summed E-state index contributed by atoms with van der Waals surface area (Å²) < 4.78 is 1.50. The van der Waals surface area contributed by atoms with E-state index in [-0.39, 0.29) is 18.5 Å². The van der Waals surface area contributed by atoms with Crippen molar-refractivity contribution < 1.29 is 14.7 Å². The SMILES string of the molecule is CN(C)CC1CCCN1C(=O)c1cccn1CC(=O)O. The van der Waals surface area contributed by atoms with Crippen molar-refractivity contribution in [2.75, 3.05) is 27.2 Å². The lowest BCUT2D eigenvalue weighted by molar-refractivity contribution is -0.137. The van der Waals surface area contributed by atoms with Gasteiger partial charge in [-0.3, -0.25) is 9.59 Å². The van der Waals surface area contributed by atoms with Crippen LogP contribution < -0.4 is 0 Å². The summed E-state index contributed by atoms with van der Waals surface area (Å²) in [5.74, 6) is -1.01. The van der Waals surface area contributed by atoms with Crippen LogP contribution in [0.5, 0.6) is 0 Å². The molecule has 1 saturated heterocycles. The van der Waals surface area contributed by atoms with Crippen LogP contribution in [0.25, 0.3) is 0 Å². The van der Waals surface area contributed by atoms with Crippen LogP contribution in [-0.4, -0.2) is 64.6 Å². The Morgan fingerprint density at radius 1 is 1.45 bits per heavy atom. The van der Waals surface area contributed by atoms with E-state index in [2.05, 4.69) is 4.90 Å². The fourth-order valence-corrected chi connectivity index (χ4v) is 2.75. The molecular weight excluding hydrogens is 258 g/mol. The first-order chi connectivity index (χ1) is 9.49. The Bertz CT molecular complexity index is 496. The van der Waals surface area contributed by atoms with Crippen molar-refractivity contribution in [3.05, 3.63) is 24.0 Å². The van der Waals surface area contributed by atoms with Gasteiger partial charge in [0.25, 0.3) is 5.91 Å². The predicted octanol–water partition coefficient (Wildman–Crippen LogP) is 0.739. The molecule has 0 saturated carbocycles. The number of carbonyl (C=O) groups excluding carboxylic acids is 1. The molecule has 0 aromatic carbocycles. The van der Waals surface area contributed by atoms with E-state index in [9.17, 15) is 9.59 Å². The van der Waals surface area contributed by atoms with Gasteiger partial charge < -0.3 is 19.5 Å². The van der Waals surface area contributed by atoms with Gasteiger partial charge in [-0.25, -0.2) is 0 Å². The van der Waals surface area contributed by atoms with Gasteiger partial charge in [-0.05, 0) is 39.1 Å². The van der Waals surface area contributed by atoms with E-state index in [0.29, 0.717) is 5.69 Å². The molecule has 0 spiro atoms. The van der Waals surface area contributed by atoms with Gasteiger partial charge in [0, 0.05) is 25.3 Å². The zero-order valence-corrected chi connectivity index (χ0v) is 12.0. The van der Waals surface area contributed by atoms with Crippen LogP contribution in [0.2, 0.25) is 0 Å². The lowest BCUT2D eigenvalue weighted by Gasteiger charge is -2.27. The van der Waals surface area contributed by atoms with Crippen molar-refractivity contribution in [1.29, 1.82) is 0 Å². The second-order valence-corrected chi connectivity index (χ2v) is 5.47. The number of carboxylic acid groups (broad SMARTS) is 1. The second-order valence-electron chi connectivity index (χ2n) is 5.47. The number of amides is 1. The van der Waals surface area contributed by atoms with Crippen molar-refractivity contribution in [1.82, 2.24) is 14.4 Å². The summed E-state index contributed by atoms with van der Waals surface area (Å²) in [6.07, 6.45) is 3.64. The van der Waals surface area contributed by atoms with Gasteiger partial charge in [-0.1, -0.05) is 0 Å². The molecular formula is C14H21N3O3. The quantitative estimate of drug-likeness (QED) is 0.863. The molecule has 110 valence electrons. The number of rotatable bonds is 5. The molecule has 6 heteroatoms. The van der Waals surface area contributed by atoms with Crippen molar-refractivity contribution in [2.45, 2.75) is 25.4 Å². The maximum Gasteiger partial charge on any atom is 0.323 e. The van der Waals surface area contributed by atoms with Gasteiger partial charge in [0.2, 0.25) is 0 Å². The molecule has 1 fully saturated rings. The molecule has 1 N–H and O–H groups in total. The molecule has 20 heavy (non-hydrogen) atoms. The summed E-state index contributed by atoms with van der Waals surface area (Å²) in [5, 5.41) is 8.88. The van der Waals surface area contributed by atoms with Crippen molar-refractivity contribution >= 4 is 11.9 Å². The molecule has 2 heterocycles. The Morgan fingerprint density at radius 2 is 2.20 bits per heavy atom. The number of hydrogen-bond acceptors (Lipinski definition) is 3. The fraction of sp³-hybridized carbons (Fsp3) is 0.571. The second kappa shape index (κ2) is 6.09. The fourth-order valence-electron chi connectivity index (χ4n) is 2.75. The standard InChI is InChI=1S/C14H21N3O3/c1-15(2)9-11-5-3-8-17(11)14(20)12-6-4-7-16(12)10-13(18)19/h4,6-7,11H,3,5,8-10H2,1-2H3,(H,18,19). The van der Waals surface area contributed by atoms with E-state index in [1.807, 2.05) is 19.0 Å². The summed E-state index contributed by atoms with van der Waals surface area (Å²) in [5.41, 5.74) is 0.457. The third kappa shape index (κ3) is 3.19. The van der Waals surface area contributed by atoms with Gasteiger partial charge in [0.15, 0.2) is 0 Å². The molecule has 0 aliphatic carbocycles. The molecule has 6 nitrogen and oxygen atoms in total. The maximum absolute atomic E-state index is 12.6. The van der Waals surface area contributed by atoms with Crippen molar-refractivity contribution in [3.63, 3.8) is 0 Å². The molecule has 1 atom stereocenters. The zero-order valence-electron chi connectivity index (χ0n) is 12.0. The minimum atomic E-state index is -0.943. The number of aliphatic carboxylic acids is 1. The predicted molar refractivity (Wildman–Crippen MR) is 74.7 cm³/mol. The molecule has 0 radical (unpaired) electrons. The molecule has 2 rings (SSSR count). The largest absolute Gasteiger partial charge is 0.480 e. The molecule has 1 aromatic heterocycles. The number of carbonyl (C=O) groups is 2. The highest BCUT2D eigenvalue weighted by Crippen LogP contribution is 2.21. The highest BCUT2D eigenvalue weighted by molar-refractivity contribution is 5.93. The van der Waals surface area contributed by atoms with E-state index in [1.54, 1.807) is 18.3 Å². The van der Waals surface area contributed by atoms with Crippen LogP contribution in [0.15, 0.2) is 18.3 Å². The van der Waals surface area contributed by atoms with Gasteiger partial charge in [-0.2, -0.15) is 0 Å². The smallest absolute Gasteiger partial charge is 0.323 e. The molecule has 1 amide bonds. The Kier molecular flexibility index (Phi) is 4.44. The number of aromatic nitrogens is 1. The number of hydrogen-bond donors (Lipinski definition) is 1. The van der Waals surface area contributed by atoms with Crippen LogP contribution in [-0.2, 0) is 11.3 Å². The summed E-state index contributed by atoms with van der Waals surface area (Å²) in [7, 11) is 3.99. The molecule has 1 aliphatic rings. The van der Waals surface area contributed by atoms with Crippen LogP contribution in [0.1, 0.15) is 23.3 Å². The van der Waals surface area contributed by atoms with Crippen LogP contribution >= 0.6 is 0 Å². The zero-order chi connectivity index (χ0) is 14.7. The number of nitrogens with zero attached hydrogens (tertiary/aromatic N) is 3. The summed E-state index contributed by atoms with van der Waals surface area (Å²) in [4.78, 5) is 27.4. The molecule has 1 aromatic rings. The first-order valence-corrected chi connectivity index (χ1v) is 6.81. The van der Waals surface area contributed by atoms with E-state index in [4.69, 9.17) is 5.11 Å². The highest BCUT2D eigenvalue weighted by Gasteiger charge is 2.30. The van der Waals surface area contributed by atoms with Gasteiger partial charge in [-0.15, -0.1) is 0 Å². The minimum absolute atomic E-state index is 0.0689. The lowest BCUT2D eigenvalue weighted by atomic mass is 10.2. The first kappa shape index (κ1) is 14.6. The lowest BCUT2D eigenvalue weighted by Crippen LogP contribution is -2.42. The third-order valence-electron chi connectivity index (χ3n) is 3.57. The average Bonchev–Trinajstić information content (AvgIpc) is 2.96. The summed E-state index contributed by atoms with van der Waals surface area (Å²) in [6, 6.07) is 3.62. The Hall–Kier alpha value is -1.82. The van der Waals surface area contributed by atoms with Gasteiger partial charge in [0.1, 0.15) is 12.2 Å². The van der Waals surface area contributed by atoms with E-state index in [1.165, 1.54) is 4.57 Å². The Labute approximate surface area is 118 Å². The Morgan fingerprint density at radius 3 is 2.85 bits per heavy atom. The monoisotopic (exact) mass is 279 g/mol. The van der Waals surface area contributed by atoms with E-state index in [0.717, 1.165) is 25.9 Å². The normalized spacial score (nSPS) is 18.8. The molecule has 1 aliphatic heterocycles. The Balaban J connectivity index is 2.14. The highest BCUT2D eigenvalue weighted by atomic mass is 16.4. The van der Waals surface area contributed by atoms with Crippen LogP contribution in [0.4, 0.5) is 0 Å². The summed E-state index contributed by atoms with van der Waals surface area (Å²) >= 11 is 0. The van der Waals surface area contributed by atoms with Crippen LogP contribution in [0, 0.1) is 0 Å². The molecule has 1 unspecified atom stereocenters. The number of likely N-dealkylation sites (tertiary alicyclic amines) is 1. The van der Waals surface area contributed by atoms with Gasteiger partial charge in [0.05, 0.1) is 0 Å². The topological polar surface area (TPSA) is 65.8 Å². The average molecular weight is 279 g/mol. The minimum Gasteiger partial charge on any atom is -0.480 e. The number of likely N-dealkylation sites (N-methyl/N-ethyl adjacent to an activating group) is 1. The van der Waals surface area contributed by atoms with Crippen molar-refractivity contribution in [2.24, 2.45) is 0 Å². The van der Waals surface area contributed by atoms with Crippen molar-refractivity contribution in [3.8, 4) is 0 Å². The first-order valence-electron chi connectivity index (χ1n) is 6.81. The van der Waals surface area contributed by atoms with E-state index < -0.39 is 5.97 Å². The van der Waals surface area contributed by atoms with Gasteiger partial charge >= 0.3 is 5.97 Å². The van der Waals surface area contributed by atoms with Crippen LogP contribution in [0.3, 0.4) is 0 Å². The number of carboxylic acids is 1. The summed E-state index contributed by atoms with van der Waals surface area (Å²) in [6.45, 7) is 1.40. The molecule has 0 bridgehead atoms.